The van der Waals surface area contributed by atoms with Crippen molar-refractivity contribution in [1.29, 1.82) is 0 Å². The van der Waals surface area contributed by atoms with E-state index in [1.54, 1.807) is 12.1 Å². The van der Waals surface area contributed by atoms with Crippen molar-refractivity contribution in [3.8, 4) is 0 Å². The lowest BCUT2D eigenvalue weighted by Crippen LogP contribution is -2.24. The molecule has 1 aromatic heterocycles. The molecule has 0 radical (unpaired) electrons. The average Bonchev–Trinajstić information content (AvgIpc) is 2.87. The molecule has 1 aromatic rings. The van der Waals surface area contributed by atoms with E-state index < -0.39 is 0 Å². The van der Waals surface area contributed by atoms with Crippen LogP contribution in [0.5, 0.6) is 0 Å². The molecule has 0 bridgehead atoms. The standard InChI is InChI=1S/C15H20N2O3/c1-11(18)17-14-8-7-13(20-14)15(19)16-10-9-12-5-3-2-4-6-12/h5,7-8H,2-4,6,9-10H2,1H3,(H,16,19)(H,17,18). The van der Waals surface area contributed by atoms with Crippen molar-refractivity contribution >= 4 is 17.7 Å². The van der Waals surface area contributed by atoms with Crippen LogP contribution in [0.25, 0.3) is 0 Å². The van der Waals surface area contributed by atoms with Crippen LogP contribution in [0.15, 0.2) is 28.2 Å². The molecule has 2 N–H and O–H groups in total. The van der Waals surface area contributed by atoms with Crippen molar-refractivity contribution in [2.45, 2.75) is 39.0 Å². The summed E-state index contributed by atoms with van der Waals surface area (Å²) in [6.45, 7) is 2.00. The van der Waals surface area contributed by atoms with E-state index in [4.69, 9.17) is 4.42 Å². The first-order chi connectivity index (χ1) is 9.65. The van der Waals surface area contributed by atoms with E-state index in [9.17, 15) is 9.59 Å². The van der Waals surface area contributed by atoms with Crippen LogP contribution < -0.4 is 10.6 Å². The van der Waals surface area contributed by atoms with Gasteiger partial charge in [-0.05, 0) is 38.2 Å². The number of amides is 2. The molecular weight excluding hydrogens is 256 g/mol. The van der Waals surface area contributed by atoms with Gasteiger partial charge in [-0.1, -0.05) is 11.6 Å². The fraction of sp³-hybridized carbons (Fsp3) is 0.467. The van der Waals surface area contributed by atoms with Crippen molar-refractivity contribution in [2.24, 2.45) is 0 Å². The fourth-order valence-corrected chi connectivity index (χ4v) is 2.26. The molecule has 0 unspecified atom stereocenters. The Kier molecular flexibility index (Phi) is 4.98. The van der Waals surface area contributed by atoms with Gasteiger partial charge in [-0.15, -0.1) is 0 Å². The van der Waals surface area contributed by atoms with E-state index in [1.165, 1.54) is 25.3 Å². The molecule has 0 spiro atoms. The number of anilines is 1. The van der Waals surface area contributed by atoms with Gasteiger partial charge in [-0.3, -0.25) is 14.9 Å². The second kappa shape index (κ2) is 6.93. The van der Waals surface area contributed by atoms with Crippen molar-refractivity contribution < 1.29 is 14.0 Å². The molecule has 1 heterocycles. The topological polar surface area (TPSA) is 71.3 Å². The summed E-state index contributed by atoms with van der Waals surface area (Å²) < 4.78 is 5.24. The van der Waals surface area contributed by atoms with Crippen LogP contribution in [0.3, 0.4) is 0 Å². The maximum Gasteiger partial charge on any atom is 0.287 e. The smallest absolute Gasteiger partial charge is 0.287 e. The summed E-state index contributed by atoms with van der Waals surface area (Å²) in [5.74, 6) is 0.0255. The summed E-state index contributed by atoms with van der Waals surface area (Å²) in [5.41, 5.74) is 1.43. The fourth-order valence-electron chi connectivity index (χ4n) is 2.26. The predicted molar refractivity (Wildman–Crippen MR) is 76.5 cm³/mol. The maximum atomic E-state index is 11.8. The highest BCUT2D eigenvalue weighted by atomic mass is 16.4. The number of furan rings is 1. The second-order valence-electron chi connectivity index (χ2n) is 4.96. The highest BCUT2D eigenvalue weighted by molar-refractivity contribution is 5.93. The zero-order chi connectivity index (χ0) is 14.4. The Bertz CT molecular complexity index is 517. The van der Waals surface area contributed by atoms with Gasteiger partial charge in [0.25, 0.3) is 5.91 Å². The molecule has 0 aliphatic heterocycles. The number of rotatable bonds is 5. The summed E-state index contributed by atoms with van der Waals surface area (Å²) in [5, 5.41) is 5.32. The Balaban J connectivity index is 1.78. The van der Waals surface area contributed by atoms with E-state index >= 15 is 0 Å². The minimum Gasteiger partial charge on any atom is -0.435 e. The molecule has 2 rings (SSSR count). The first-order valence-corrected chi connectivity index (χ1v) is 6.98. The van der Waals surface area contributed by atoms with Gasteiger partial charge < -0.3 is 9.73 Å². The minimum atomic E-state index is -0.252. The zero-order valence-corrected chi connectivity index (χ0v) is 11.7. The third-order valence-electron chi connectivity index (χ3n) is 3.25. The van der Waals surface area contributed by atoms with Crippen LogP contribution in [0, 0.1) is 0 Å². The lowest BCUT2D eigenvalue weighted by molar-refractivity contribution is -0.114. The summed E-state index contributed by atoms with van der Waals surface area (Å²) in [7, 11) is 0. The molecule has 5 nitrogen and oxygen atoms in total. The Morgan fingerprint density at radius 1 is 1.30 bits per heavy atom. The molecule has 1 aliphatic carbocycles. The third kappa shape index (κ3) is 4.26. The number of hydrogen-bond acceptors (Lipinski definition) is 3. The highest BCUT2D eigenvalue weighted by Crippen LogP contribution is 2.19. The monoisotopic (exact) mass is 276 g/mol. The molecule has 0 atom stereocenters. The number of nitrogens with one attached hydrogen (secondary N) is 2. The third-order valence-corrected chi connectivity index (χ3v) is 3.25. The van der Waals surface area contributed by atoms with Gasteiger partial charge >= 0.3 is 0 Å². The van der Waals surface area contributed by atoms with Gasteiger partial charge in [-0.25, -0.2) is 0 Å². The first kappa shape index (κ1) is 14.4. The number of carbonyl (C=O) groups is 2. The zero-order valence-electron chi connectivity index (χ0n) is 11.7. The largest absolute Gasteiger partial charge is 0.435 e. The van der Waals surface area contributed by atoms with Crippen molar-refractivity contribution in [3.05, 3.63) is 29.5 Å². The van der Waals surface area contributed by atoms with Crippen molar-refractivity contribution in [2.75, 3.05) is 11.9 Å². The lowest BCUT2D eigenvalue weighted by atomic mass is 9.97. The van der Waals surface area contributed by atoms with Crippen LogP contribution in [-0.2, 0) is 4.79 Å². The molecule has 0 fully saturated rings. The molecule has 0 saturated heterocycles. The molecule has 1 aliphatic rings. The Morgan fingerprint density at radius 3 is 2.85 bits per heavy atom. The summed E-state index contributed by atoms with van der Waals surface area (Å²) in [6, 6.07) is 3.13. The van der Waals surface area contributed by atoms with Crippen molar-refractivity contribution in [3.63, 3.8) is 0 Å². The van der Waals surface area contributed by atoms with Gasteiger partial charge in [0, 0.05) is 19.5 Å². The minimum absolute atomic E-state index is 0.214. The average molecular weight is 276 g/mol. The van der Waals surface area contributed by atoms with Gasteiger partial charge in [-0.2, -0.15) is 0 Å². The van der Waals surface area contributed by atoms with Crippen LogP contribution >= 0.6 is 0 Å². The Hall–Kier alpha value is -2.04. The van der Waals surface area contributed by atoms with E-state index in [1.807, 2.05) is 0 Å². The summed E-state index contributed by atoms with van der Waals surface area (Å²) >= 11 is 0. The molecule has 2 amide bonds. The van der Waals surface area contributed by atoms with E-state index in [0.717, 1.165) is 19.3 Å². The number of hydrogen-bond donors (Lipinski definition) is 2. The Morgan fingerprint density at radius 2 is 2.15 bits per heavy atom. The number of allylic oxidation sites excluding steroid dienone is 1. The second-order valence-corrected chi connectivity index (χ2v) is 4.96. The van der Waals surface area contributed by atoms with E-state index in [2.05, 4.69) is 16.7 Å². The predicted octanol–water partition coefficient (Wildman–Crippen LogP) is 2.86. The first-order valence-electron chi connectivity index (χ1n) is 6.98. The van der Waals surface area contributed by atoms with Gasteiger partial charge in [0.15, 0.2) is 11.6 Å². The SMILES string of the molecule is CC(=O)Nc1ccc(C(=O)NCCC2=CCCCC2)o1. The van der Waals surface area contributed by atoms with Crippen LogP contribution in [0.4, 0.5) is 5.88 Å². The van der Waals surface area contributed by atoms with Crippen LogP contribution in [-0.4, -0.2) is 18.4 Å². The normalized spacial score (nSPS) is 14.6. The molecule has 0 saturated carbocycles. The lowest BCUT2D eigenvalue weighted by Gasteiger charge is -2.12. The van der Waals surface area contributed by atoms with Crippen molar-refractivity contribution in [1.82, 2.24) is 5.32 Å². The summed E-state index contributed by atoms with van der Waals surface area (Å²) in [6.07, 6.45) is 7.99. The maximum absolute atomic E-state index is 11.8. The summed E-state index contributed by atoms with van der Waals surface area (Å²) in [4.78, 5) is 22.7. The molecule has 0 aromatic carbocycles. The molecular formula is C15H20N2O3. The van der Waals surface area contributed by atoms with E-state index in [0.29, 0.717) is 6.54 Å². The van der Waals surface area contributed by atoms with Gasteiger partial charge in [0.05, 0.1) is 0 Å². The van der Waals surface area contributed by atoms with E-state index in [-0.39, 0.29) is 23.5 Å². The van der Waals surface area contributed by atoms with Crippen LogP contribution in [0.2, 0.25) is 0 Å². The van der Waals surface area contributed by atoms with Crippen LogP contribution in [0.1, 0.15) is 49.6 Å². The quantitative estimate of drug-likeness (QED) is 0.812. The molecule has 5 heteroatoms. The number of carbonyl (C=O) groups excluding carboxylic acids is 2. The molecule has 108 valence electrons. The van der Waals surface area contributed by atoms with Gasteiger partial charge in [0.2, 0.25) is 5.91 Å². The highest BCUT2D eigenvalue weighted by Gasteiger charge is 2.11. The van der Waals surface area contributed by atoms with Gasteiger partial charge in [0.1, 0.15) is 0 Å². The Labute approximate surface area is 118 Å². The molecule has 20 heavy (non-hydrogen) atoms.